The lowest BCUT2D eigenvalue weighted by Gasteiger charge is -2.23. The van der Waals surface area contributed by atoms with Crippen molar-refractivity contribution in [1.29, 1.82) is 0 Å². The Balaban J connectivity index is 1.47. The van der Waals surface area contributed by atoms with Crippen LogP contribution in [0, 0.1) is 11.8 Å². The number of carbonyl (C=O) groups is 1. The van der Waals surface area contributed by atoms with Crippen LogP contribution >= 0.6 is 0 Å². The molecule has 2 aliphatic carbocycles. The first-order valence-corrected chi connectivity index (χ1v) is 7.28. The van der Waals surface area contributed by atoms with Crippen molar-refractivity contribution in [3.8, 4) is 5.88 Å². The fourth-order valence-electron chi connectivity index (χ4n) is 3.50. The molecule has 2 saturated carbocycles. The van der Waals surface area contributed by atoms with E-state index in [9.17, 15) is 4.79 Å². The highest BCUT2D eigenvalue weighted by molar-refractivity contribution is 5.74. The minimum atomic E-state index is -0.0710. The van der Waals surface area contributed by atoms with Crippen molar-refractivity contribution in [3.05, 3.63) is 23.9 Å². The molecule has 3 atom stereocenters. The van der Waals surface area contributed by atoms with Gasteiger partial charge in [0, 0.05) is 24.8 Å². The van der Waals surface area contributed by atoms with Gasteiger partial charge in [-0.1, -0.05) is 6.42 Å². The van der Waals surface area contributed by atoms with Gasteiger partial charge in [-0.15, -0.1) is 0 Å². The minimum absolute atomic E-state index is 0.0710. The van der Waals surface area contributed by atoms with Gasteiger partial charge in [0.25, 0.3) is 0 Å². The summed E-state index contributed by atoms with van der Waals surface area (Å²) in [4.78, 5) is 16.0. The predicted octanol–water partition coefficient (Wildman–Crippen LogP) is 2.08. The van der Waals surface area contributed by atoms with E-state index < -0.39 is 0 Å². The summed E-state index contributed by atoms with van der Waals surface area (Å²) in [6.07, 6.45) is 6.76. The number of rotatable bonds is 4. The number of methoxy groups -OCH3 is 1. The molecule has 5 heteroatoms. The zero-order chi connectivity index (χ0) is 13.9. The van der Waals surface area contributed by atoms with Gasteiger partial charge in [-0.3, -0.25) is 0 Å². The third-order valence-corrected chi connectivity index (χ3v) is 4.52. The van der Waals surface area contributed by atoms with Gasteiger partial charge in [-0.05, 0) is 42.7 Å². The molecule has 1 aromatic heterocycles. The maximum Gasteiger partial charge on any atom is 0.315 e. The van der Waals surface area contributed by atoms with E-state index >= 15 is 0 Å². The van der Waals surface area contributed by atoms with Crippen molar-refractivity contribution in [1.82, 2.24) is 15.6 Å². The van der Waals surface area contributed by atoms with Gasteiger partial charge in [0.2, 0.25) is 5.88 Å². The largest absolute Gasteiger partial charge is 0.481 e. The Labute approximate surface area is 119 Å². The highest BCUT2D eigenvalue weighted by Gasteiger charge is 2.40. The molecule has 2 N–H and O–H groups in total. The summed E-state index contributed by atoms with van der Waals surface area (Å²) in [6, 6.07) is 4.01. The summed E-state index contributed by atoms with van der Waals surface area (Å²) in [5.41, 5.74) is 0.986. The fraction of sp³-hybridized carbons (Fsp3) is 0.600. The van der Waals surface area contributed by atoms with E-state index in [1.165, 1.54) is 19.3 Å². The van der Waals surface area contributed by atoms with Crippen molar-refractivity contribution < 1.29 is 9.53 Å². The second kappa shape index (κ2) is 5.69. The van der Waals surface area contributed by atoms with Gasteiger partial charge >= 0.3 is 6.03 Å². The molecule has 0 radical (unpaired) electrons. The van der Waals surface area contributed by atoms with Crippen molar-refractivity contribution in [3.63, 3.8) is 0 Å². The lowest BCUT2D eigenvalue weighted by Crippen LogP contribution is -2.44. The molecule has 20 heavy (non-hydrogen) atoms. The molecule has 0 spiro atoms. The van der Waals surface area contributed by atoms with E-state index in [0.717, 1.165) is 17.9 Å². The molecule has 0 saturated heterocycles. The van der Waals surface area contributed by atoms with Crippen LogP contribution in [0.5, 0.6) is 5.88 Å². The normalized spacial score (nSPS) is 27.4. The third kappa shape index (κ3) is 2.86. The van der Waals surface area contributed by atoms with Gasteiger partial charge in [0.15, 0.2) is 0 Å². The molecule has 2 amide bonds. The summed E-state index contributed by atoms with van der Waals surface area (Å²) >= 11 is 0. The van der Waals surface area contributed by atoms with E-state index in [-0.39, 0.29) is 6.03 Å². The summed E-state index contributed by atoms with van der Waals surface area (Å²) in [7, 11) is 1.58. The number of hydrogen-bond donors (Lipinski definition) is 2. The summed E-state index contributed by atoms with van der Waals surface area (Å²) in [5.74, 6) is 2.11. The zero-order valence-electron chi connectivity index (χ0n) is 11.8. The molecule has 0 unspecified atom stereocenters. The van der Waals surface area contributed by atoms with Crippen molar-refractivity contribution >= 4 is 6.03 Å². The standard InChI is InChI=1S/C15H21N3O2/c1-20-14-8-11(4-5-16-14)9-17-15(19)18-13-7-10-2-3-12(13)6-10/h4-5,8,10,12-13H,2-3,6-7,9H2,1H3,(H2,17,18,19)/t10-,12+,13+/m1/s1. The zero-order valence-corrected chi connectivity index (χ0v) is 11.8. The highest BCUT2D eigenvalue weighted by Crippen LogP contribution is 2.44. The summed E-state index contributed by atoms with van der Waals surface area (Å²) < 4.78 is 5.06. The second-order valence-corrected chi connectivity index (χ2v) is 5.81. The quantitative estimate of drug-likeness (QED) is 0.884. The van der Waals surface area contributed by atoms with Crippen LogP contribution in [-0.4, -0.2) is 24.2 Å². The Morgan fingerprint density at radius 2 is 2.35 bits per heavy atom. The topological polar surface area (TPSA) is 63.2 Å². The third-order valence-electron chi connectivity index (χ3n) is 4.52. The average Bonchev–Trinajstić information content (AvgIpc) is 3.08. The van der Waals surface area contributed by atoms with E-state index in [1.54, 1.807) is 13.3 Å². The van der Waals surface area contributed by atoms with Crippen molar-refractivity contribution in [2.75, 3.05) is 7.11 Å². The molecule has 2 aliphatic rings. The number of aromatic nitrogens is 1. The Morgan fingerprint density at radius 3 is 3.05 bits per heavy atom. The Morgan fingerprint density at radius 1 is 1.45 bits per heavy atom. The Bertz CT molecular complexity index is 492. The van der Waals surface area contributed by atoms with Crippen LogP contribution in [0.4, 0.5) is 4.79 Å². The van der Waals surface area contributed by atoms with Crippen LogP contribution in [0.3, 0.4) is 0 Å². The van der Waals surface area contributed by atoms with Gasteiger partial charge in [-0.25, -0.2) is 9.78 Å². The number of amides is 2. The average molecular weight is 275 g/mol. The lowest BCUT2D eigenvalue weighted by atomic mass is 9.95. The van der Waals surface area contributed by atoms with Gasteiger partial charge in [0.05, 0.1) is 7.11 Å². The lowest BCUT2D eigenvalue weighted by molar-refractivity contribution is 0.230. The smallest absolute Gasteiger partial charge is 0.315 e. The first kappa shape index (κ1) is 13.2. The second-order valence-electron chi connectivity index (χ2n) is 5.81. The summed E-state index contributed by atoms with van der Waals surface area (Å²) in [6.45, 7) is 0.492. The highest BCUT2D eigenvalue weighted by atomic mass is 16.5. The molecule has 108 valence electrons. The molecule has 3 rings (SSSR count). The summed E-state index contributed by atoms with van der Waals surface area (Å²) in [5, 5.41) is 6.02. The molecular formula is C15H21N3O2. The monoisotopic (exact) mass is 275 g/mol. The van der Waals surface area contributed by atoms with Crippen LogP contribution in [0.1, 0.15) is 31.2 Å². The minimum Gasteiger partial charge on any atom is -0.481 e. The first-order chi connectivity index (χ1) is 9.74. The molecule has 2 fully saturated rings. The molecule has 1 heterocycles. The van der Waals surface area contributed by atoms with Crippen LogP contribution in [-0.2, 0) is 6.54 Å². The predicted molar refractivity (Wildman–Crippen MR) is 75.4 cm³/mol. The van der Waals surface area contributed by atoms with Crippen LogP contribution in [0.2, 0.25) is 0 Å². The number of ether oxygens (including phenoxy) is 1. The molecule has 1 aromatic rings. The number of nitrogens with zero attached hydrogens (tertiary/aromatic N) is 1. The van der Waals surface area contributed by atoms with Crippen LogP contribution in [0.15, 0.2) is 18.3 Å². The molecule has 2 bridgehead atoms. The number of nitrogens with one attached hydrogen (secondary N) is 2. The number of hydrogen-bond acceptors (Lipinski definition) is 3. The molecule has 0 aliphatic heterocycles. The number of carbonyl (C=O) groups excluding carboxylic acids is 1. The number of urea groups is 1. The van der Waals surface area contributed by atoms with Crippen LogP contribution < -0.4 is 15.4 Å². The van der Waals surface area contributed by atoms with E-state index in [1.807, 2.05) is 12.1 Å². The van der Waals surface area contributed by atoms with Gasteiger partial charge < -0.3 is 15.4 Å². The van der Waals surface area contributed by atoms with Crippen molar-refractivity contribution in [2.45, 2.75) is 38.3 Å². The first-order valence-electron chi connectivity index (χ1n) is 7.28. The van der Waals surface area contributed by atoms with E-state index in [2.05, 4.69) is 15.6 Å². The van der Waals surface area contributed by atoms with E-state index in [0.29, 0.717) is 24.4 Å². The SMILES string of the molecule is COc1cc(CNC(=O)N[C@H]2C[C@@H]3CC[C@H]2C3)ccn1. The van der Waals surface area contributed by atoms with Crippen molar-refractivity contribution in [2.24, 2.45) is 11.8 Å². The molecule has 5 nitrogen and oxygen atoms in total. The molecule has 0 aromatic carbocycles. The fourth-order valence-corrected chi connectivity index (χ4v) is 3.50. The maximum atomic E-state index is 11.9. The van der Waals surface area contributed by atoms with Crippen LogP contribution in [0.25, 0.3) is 0 Å². The Hall–Kier alpha value is -1.78. The van der Waals surface area contributed by atoms with Gasteiger partial charge in [0.1, 0.15) is 0 Å². The molecular weight excluding hydrogens is 254 g/mol. The number of fused-ring (bicyclic) bond motifs is 2. The maximum absolute atomic E-state index is 11.9. The van der Waals surface area contributed by atoms with E-state index in [4.69, 9.17) is 4.74 Å². The Kier molecular flexibility index (Phi) is 3.76. The van der Waals surface area contributed by atoms with Gasteiger partial charge in [-0.2, -0.15) is 0 Å². The number of pyridine rings is 1.